The van der Waals surface area contributed by atoms with Crippen LogP contribution in [0.3, 0.4) is 0 Å². The molecule has 0 fully saturated rings. The van der Waals surface area contributed by atoms with Crippen molar-refractivity contribution in [3.8, 4) is 0 Å². The summed E-state index contributed by atoms with van der Waals surface area (Å²) in [6, 6.07) is 8.14. The van der Waals surface area contributed by atoms with Gasteiger partial charge in [-0.2, -0.15) is 13.2 Å². The molecule has 0 unspecified atom stereocenters. The molecule has 1 aromatic carbocycles. The Balaban J connectivity index is 2.07. The van der Waals surface area contributed by atoms with Gasteiger partial charge in [0.2, 0.25) is 0 Å². The third-order valence-electron chi connectivity index (χ3n) is 2.68. The van der Waals surface area contributed by atoms with Gasteiger partial charge in [-0.1, -0.05) is 12.1 Å². The van der Waals surface area contributed by atoms with Crippen LogP contribution in [0.2, 0.25) is 0 Å². The molecule has 0 bridgehead atoms. The Morgan fingerprint density at radius 3 is 2.67 bits per heavy atom. The van der Waals surface area contributed by atoms with Gasteiger partial charge in [-0.05, 0) is 45.8 Å². The maximum Gasteiger partial charge on any atom is 0.416 e. The number of nitrogens with zero attached hydrogens (tertiary/aromatic N) is 1. The topological polar surface area (TPSA) is 42.0 Å². The van der Waals surface area contributed by atoms with Gasteiger partial charge >= 0.3 is 6.18 Å². The van der Waals surface area contributed by atoms with Crippen LogP contribution in [0.1, 0.15) is 21.6 Å². The number of halogens is 4. The smallest absolute Gasteiger partial charge is 0.347 e. The van der Waals surface area contributed by atoms with Crippen LogP contribution >= 0.6 is 15.9 Å². The summed E-state index contributed by atoms with van der Waals surface area (Å²) in [7, 11) is 0. The number of carbonyl (C=O) groups excluding carboxylic acids is 1. The Bertz CT molecular complexity index is 659. The van der Waals surface area contributed by atoms with Crippen molar-refractivity contribution in [2.45, 2.75) is 12.7 Å². The molecule has 0 radical (unpaired) electrons. The number of pyridine rings is 1. The second-order valence-electron chi connectivity index (χ2n) is 4.21. The van der Waals surface area contributed by atoms with Crippen LogP contribution in [0.4, 0.5) is 13.2 Å². The van der Waals surface area contributed by atoms with E-state index in [1.54, 1.807) is 12.1 Å². The maximum atomic E-state index is 12.6. The Labute approximate surface area is 127 Å². The molecule has 0 aliphatic heterocycles. The highest BCUT2D eigenvalue weighted by Crippen LogP contribution is 2.29. The first kappa shape index (κ1) is 15.5. The third kappa shape index (κ3) is 4.04. The molecule has 0 aliphatic carbocycles. The first-order valence-corrected chi connectivity index (χ1v) is 6.72. The zero-order valence-corrected chi connectivity index (χ0v) is 12.2. The van der Waals surface area contributed by atoms with E-state index in [1.807, 2.05) is 0 Å². The highest BCUT2D eigenvalue weighted by atomic mass is 79.9. The molecule has 1 amide bonds. The van der Waals surface area contributed by atoms with E-state index >= 15 is 0 Å². The van der Waals surface area contributed by atoms with Gasteiger partial charge in [-0.15, -0.1) is 0 Å². The van der Waals surface area contributed by atoms with E-state index in [0.717, 1.165) is 12.1 Å². The summed E-state index contributed by atoms with van der Waals surface area (Å²) in [5, 5.41) is 2.54. The van der Waals surface area contributed by atoms with Crippen molar-refractivity contribution in [1.29, 1.82) is 0 Å². The van der Waals surface area contributed by atoms with E-state index in [2.05, 4.69) is 26.2 Å². The van der Waals surface area contributed by atoms with Gasteiger partial charge < -0.3 is 5.32 Å². The van der Waals surface area contributed by atoms with Crippen LogP contribution in [0.15, 0.2) is 47.1 Å². The van der Waals surface area contributed by atoms with Gasteiger partial charge in [0.1, 0.15) is 5.69 Å². The van der Waals surface area contributed by atoms with Gasteiger partial charge in [0.25, 0.3) is 5.91 Å². The summed E-state index contributed by atoms with van der Waals surface area (Å²) >= 11 is 3.19. The van der Waals surface area contributed by atoms with Crippen LogP contribution in [0, 0.1) is 0 Å². The molecule has 7 heteroatoms. The average Bonchev–Trinajstić information content (AvgIpc) is 2.45. The van der Waals surface area contributed by atoms with E-state index < -0.39 is 17.6 Å². The largest absolute Gasteiger partial charge is 0.416 e. The predicted octanol–water partition coefficient (Wildman–Crippen LogP) is 3.79. The van der Waals surface area contributed by atoms with Crippen molar-refractivity contribution in [3.05, 3.63) is 63.9 Å². The number of benzene rings is 1. The van der Waals surface area contributed by atoms with Crippen molar-refractivity contribution in [1.82, 2.24) is 10.3 Å². The number of hydrogen-bond donors (Lipinski definition) is 1. The van der Waals surface area contributed by atoms with Gasteiger partial charge in [-0.3, -0.25) is 4.79 Å². The second kappa shape index (κ2) is 6.26. The molecule has 0 atom stereocenters. The lowest BCUT2D eigenvalue weighted by molar-refractivity contribution is -0.137. The third-order valence-corrected chi connectivity index (χ3v) is 3.32. The standard InChI is InChI=1S/C14H10BrF3N2O/c15-11-5-2-6-19-12(11)13(21)20-8-9-3-1-4-10(7-9)14(16,17)18/h1-7H,8H2,(H,20,21). The molecule has 0 spiro atoms. The Morgan fingerprint density at radius 1 is 1.24 bits per heavy atom. The van der Waals surface area contributed by atoms with E-state index in [1.165, 1.54) is 18.3 Å². The Kier molecular flexibility index (Phi) is 4.62. The summed E-state index contributed by atoms with van der Waals surface area (Å²) in [5.41, 5.74) is -0.192. The fraction of sp³-hybridized carbons (Fsp3) is 0.143. The molecule has 21 heavy (non-hydrogen) atoms. The first-order valence-electron chi connectivity index (χ1n) is 5.93. The molecule has 0 saturated carbocycles. The minimum atomic E-state index is -4.40. The minimum absolute atomic E-state index is 0.00817. The number of amides is 1. The molecule has 0 aliphatic rings. The summed E-state index contributed by atoms with van der Waals surface area (Å²) < 4.78 is 38.3. The van der Waals surface area contributed by atoms with E-state index in [9.17, 15) is 18.0 Å². The monoisotopic (exact) mass is 358 g/mol. The lowest BCUT2D eigenvalue weighted by atomic mass is 10.1. The van der Waals surface area contributed by atoms with Crippen molar-refractivity contribution < 1.29 is 18.0 Å². The number of carbonyl (C=O) groups is 1. The van der Waals surface area contributed by atoms with Gasteiger partial charge in [0.15, 0.2) is 0 Å². The zero-order chi connectivity index (χ0) is 15.5. The van der Waals surface area contributed by atoms with E-state index in [-0.39, 0.29) is 12.2 Å². The summed E-state index contributed by atoms with van der Waals surface area (Å²) in [6.45, 7) is -0.00817. The van der Waals surface area contributed by atoms with Crippen molar-refractivity contribution in [3.63, 3.8) is 0 Å². The van der Waals surface area contributed by atoms with Crippen LogP contribution in [0.25, 0.3) is 0 Å². The van der Waals surface area contributed by atoms with Crippen molar-refractivity contribution in [2.75, 3.05) is 0 Å². The van der Waals surface area contributed by atoms with Crippen LogP contribution < -0.4 is 5.32 Å². The Morgan fingerprint density at radius 2 is 2.00 bits per heavy atom. The molecule has 1 aromatic heterocycles. The molecule has 0 saturated heterocycles. The molecule has 110 valence electrons. The second-order valence-corrected chi connectivity index (χ2v) is 5.07. The van der Waals surface area contributed by atoms with Gasteiger partial charge in [0, 0.05) is 17.2 Å². The summed E-state index contributed by atoms with van der Waals surface area (Å²) in [6.07, 6.45) is -2.94. The first-order chi connectivity index (χ1) is 9.88. The van der Waals surface area contributed by atoms with Crippen LogP contribution in [-0.4, -0.2) is 10.9 Å². The lowest BCUT2D eigenvalue weighted by Crippen LogP contribution is -2.24. The number of aromatic nitrogens is 1. The highest BCUT2D eigenvalue weighted by molar-refractivity contribution is 9.10. The summed E-state index contributed by atoms with van der Waals surface area (Å²) in [4.78, 5) is 15.8. The quantitative estimate of drug-likeness (QED) is 0.906. The zero-order valence-electron chi connectivity index (χ0n) is 10.6. The number of nitrogens with one attached hydrogen (secondary N) is 1. The van der Waals surface area contributed by atoms with Crippen LogP contribution in [0.5, 0.6) is 0 Å². The average molecular weight is 359 g/mol. The molecule has 1 heterocycles. The molecule has 2 aromatic rings. The number of rotatable bonds is 3. The van der Waals surface area contributed by atoms with Gasteiger partial charge in [-0.25, -0.2) is 4.98 Å². The maximum absolute atomic E-state index is 12.6. The normalized spacial score (nSPS) is 11.2. The van der Waals surface area contributed by atoms with Crippen LogP contribution in [-0.2, 0) is 12.7 Å². The van der Waals surface area contributed by atoms with Crippen molar-refractivity contribution >= 4 is 21.8 Å². The predicted molar refractivity (Wildman–Crippen MR) is 74.6 cm³/mol. The van der Waals surface area contributed by atoms with Gasteiger partial charge in [0.05, 0.1) is 5.56 Å². The fourth-order valence-corrected chi connectivity index (χ4v) is 2.11. The molecule has 1 N–H and O–H groups in total. The van der Waals surface area contributed by atoms with E-state index in [0.29, 0.717) is 10.0 Å². The fourth-order valence-electron chi connectivity index (χ4n) is 1.68. The highest BCUT2D eigenvalue weighted by Gasteiger charge is 2.30. The minimum Gasteiger partial charge on any atom is -0.347 e. The molecular formula is C14H10BrF3N2O. The molecule has 2 rings (SSSR count). The lowest BCUT2D eigenvalue weighted by Gasteiger charge is -2.10. The number of alkyl halides is 3. The Hall–Kier alpha value is -1.89. The summed E-state index contributed by atoms with van der Waals surface area (Å²) in [5.74, 6) is -0.458. The molecule has 3 nitrogen and oxygen atoms in total. The van der Waals surface area contributed by atoms with Crippen molar-refractivity contribution in [2.24, 2.45) is 0 Å². The SMILES string of the molecule is O=C(NCc1cccc(C(F)(F)F)c1)c1ncccc1Br. The van der Waals surface area contributed by atoms with E-state index in [4.69, 9.17) is 0 Å². The number of hydrogen-bond acceptors (Lipinski definition) is 2. The molecular weight excluding hydrogens is 349 g/mol.